The summed E-state index contributed by atoms with van der Waals surface area (Å²) in [5, 5.41) is 2.90. The summed E-state index contributed by atoms with van der Waals surface area (Å²) in [5.41, 5.74) is 2.33. The van der Waals surface area contributed by atoms with Gasteiger partial charge in [-0.3, -0.25) is 4.79 Å². The van der Waals surface area contributed by atoms with Gasteiger partial charge >= 0.3 is 6.03 Å². The van der Waals surface area contributed by atoms with Gasteiger partial charge in [0.2, 0.25) is 0 Å². The number of nitrogens with zero attached hydrogens (tertiary/aromatic N) is 1. The molecule has 2 aromatic rings. The molecule has 0 saturated carbocycles. The number of anilines is 1. The zero-order chi connectivity index (χ0) is 17.4. The van der Waals surface area contributed by atoms with Crippen molar-refractivity contribution in [1.82, 2.24) is 4.90 Å². The molecule has 2 aromatic carbocycles. The van der Waals surface area contributed by atoms with Crippen molar-refractivity contribution < 1.29 is 9.59 Å². The predicted molar refractivity (Wildman–Crippen MR) is 97.2 cm³/mol. The fourth-order valence-electron chi connectivity index (χ4n) is 2.42. The molecule has 0 aliphatic heterocycles. The van der Waals surface area contributed by atoms with Crippen LogP contribution >= 0.6 is 0 Å². The first kappa shape index (κ1) is 17.7. The van der Waals surface area contributed by atoms with E-state index in [4.69, 9.17) is 0 Å². The van der Waals surface area contributed by atoms with Crippen LogP contribution in [0.15, 0.2) is 54.6 Å². The van der Waals surface area contributed by atoms with Crippen LogP contribution in [0.1, 0.15) is 42.6 Å². The van der Waals surface area contributed by atoms with Gasteiger partial charge in [0.15, 0.2) is 5.78 Å². The minimum absolute atomic E-state index is 0.0155. The summed E-state index contributed by atoms with van der Waals surface area (Å²) >= 11 is 0. The highest BCUT2D eigenvalue weighted by Crippen LogP contribution is 2.14. The van der Waals surface area contributed by atoms with Crippen molar-refractivity contribution in [2.75, 3.05) is 11.9 Å². The lowest BCUT2D eigenvalue weighted by atomic mass is 10.1. The SMILES string of the molecule is CCCCN(Cc1ccccc1)C(=O)Nc1cccc(C(C)=O)c1. The quantitative estimate of drug-likeness (QED) is 0.749. The highest BCUT2D eigenvalue weighted by atomic mass is 16.2. The minimum Gasteiger partial charge on any atom is -0.320 e. The molecule has 0 heterocycles. The zero-order valence-corrected chi connectivity index (χ0v) is 14.3. The van der Waals surface area contributed by atoms with Crippen LogP contribution in [-0.2, 0) is 6.54 Å². The number of carbonyl (C=O) groups is 2. The first-order valence-electron chi connectivity index (χ1n) is 8.31. The van der Waals surface area contributed by atoms with Crippen LogP contribution in [0.25, 0.3) is 0 Å². The van der Waals surface area contributed by atoms with Gasteiger partial charge in [0.05, 0.1) is 0 Å². The van der Waals surface area contributed by atoms with Gasteiger partial charge in [-0.05, 0) is 31.0 Å². The van der Waals surface area contributed by atoms with E-state index in [1.165, 1.54) is 6.92 Å². The molecule has 2 rings (SSSR count). The maximum atomic E-state index is 12.6. The molecule has 24 heavy (non-hydrogen) atoms. The van der Waals surface area contributed by atoms with Crippen LogP contribution in [0, 0.1) is 0 Å². The number of hydrogen-bond acceptors (Lipinski definition) is 2. The van der Waals surface area contributed by atoms with Gasteiger partial charge in [-0.25, -0.2) is 4.79 Å². The summed E-state index contributed by atoms with van der Waals surface area (Å²) in [6.45, 7) is 4.89. The van der Waals surface area contributed by atoms with E-state index in [9.17, 15) is 9.59 Å². The van der Waals surface area contributed by atoms with Crippen LogP contribution in [0.3, 0.4) is 0 Å². The first-order chi connectivity index (χ1) is 11.6. The molecule has 0 aliphatic rings. The van der Waals surface area contributed by atoms with Gasteiger partial charge in [-0.2, -0.15) is 0 Å². The fourth-order valence-corrected chi connectivity index (χ4v) is 2.42. The number of carbonyl (C=O) groups excluding carboxylic acids is 2. The third-order valence-corrected chi connectivity index (χ3v) is 3.81. The molecule has 0 radical (unpaired) electrons. The highest BCUT2D eigenvalue weighted by Gasteiger charge is 2.14. The van der Waals surface area contributed by atoms with Crippen molar-refractivity contribution >= 4 is 17.5 Å². The molecular formula is C20H24N2O2. The molecule has 0 bridgehead atoms. The Labute approximate surface area is 143 Å². The number of hydrogen-bond donors (Lipinski definition) is 1. The third-order valence-electron chi connectivity index (χ3n) is 3.81. The van der Waals surface area contributed by atoms with Gasteiger partial charge in [0.25, 0.3) is 0 Å². The van der Waals surface area contributed by atoms with E-state index in [-0.39, 0.29) is 11.8 Å². The number of Topliss-reactive ketones (excluding diaryl/α,β-unsaturated/α-hetero) is 1. The number of nitrogens with one attached hydrogen (secondary N) is 1. The number of urea groups is 1. The van der Waals surface area contributed by atoms with E-state index in [1.54, 1.807) is 29.2 Å². The summed E-state index contributed by atoms with van der Waals surface area (Å²) < 4.78 is 0. The van der Waals surface area contributed by atoms with Crippen molar-refractivity contribution in [3.05, 3.63) is 65.7 Å². The average molecular weight is 324 g/mol. The number of benzene rings is 2. The van der Waals surface area contributed by atoms with Crippen molar-refractivity contribution in [3.8, 4) is 0 Å². The standard InChI is InChI=1S/C20H24N2O2/c1-3-4-13-22(15-17-9-6-5-7-10-17)20(24)21-19-12-8-11-18(14-19)16(2)23/h5-12,14H,3-4,13,15H2,1-2H3,(H,21,24). The number of unbranched alkanes of at least 4 members (excludes halogenated alkanes) is 1. The Hall–Kier alpha value is -2.62. The normalized spacial score (nSPS) is 10.2. The summed E-state index contributed by atoms with van der Waals surface area (Å²) in [5.74, 6) is -0.0155. The molecule has 0 unspecified atom stereocenters. The second kappa shape index (κ2) is 8.87. The second-order valence-electron chi connectivity index (χ2n) is 5.83. The highest BCUT2D eigenvalue weighted by molar-refractivity contribution is 5.96. The molecule has 4 heteroatoms. The molecule has 0 fully saturated rings. The Kier molecular flexibility index (Phi) is 6.55. The van der Waals surface area contributed by atoms with Gasteiger partial charge in [0.1, 0.15) is 0 Å². The Morgan fingerprint density at radius 2 is 1.79 bits per heavy atom. The maximum Gasteiger partial charge on any atom is 0.322 e. The minimum atomic E-state index is -0.145. The first-order valence-corrected chi connectivity index (χ1v) is 8.31. The summed E-state index contributed by atoms with van der Waals surface area (Å²) in [7, 11) is 0. The second-order valence-corrected chi connectivity index (χ2v) is 5.83. The van der Waals surface area contributed by atoms with Crippen molar-refractivity contribution in [2.45, 2.75) is 33.2 Å². The third kappa shape index (κ3) is 5.23. The molecule has 2 amide bonds. The molecule has 126 valence electrons. The van der Waals surface area contributed by atoms with Crippen LogP contribution in [0.5, 0.6) is 0 Å². The Balaban J connectivity index is 2.09. The lowest BCUT2D eigenvalue weighted by Gasteiger charge is -2.23. The van der Waals surface area contributed by atoms with Gasteiger partial charge in [0, 0.05) is 24.3 Å². The van der Waals surface area contributed by atoms with Crippen molar-refractivity contribution in [1.29, 1.82) is 0 Å². The van der Waals surface area contributed by atoms with Gasteiger partial charge in [-0.1, -0.05) is 55.8 Å². The Bertz CT molecular complexity index is 683. The van der Waals surface area contributed by atoms with E-state index in [2.05, 4.69) is 12.2 Å². The van der Waals surface area contributed by atoms with Crippen LogP contribution < -0.4 is 5.32 Å². The number of amides is 2. The number of ketones is 1. The van der Waals surface area contributed by atoms with Gasteiger partial charge in [-0.15, -0.1) is 0 Å². The molecule has 0 saturated heterocycles. The van der Waals surface area contributed by atoms with Crippen molar-refractivity contribution in [2.24, 2.45) is 0 Å². The Morgan fingerprint density at radius 3 is 2.46 bits per heavy atom. The molecule has 1 N–H and O–H groups in total. The molecule has 0 atom stereocenters. The average Bonchev–Trinajstić information content (AvgIpc) is 2.59. The Morgan fingerprint density at radius 1 is 1.04 bits per heavy atom. The lowest BCUT2D eigenvalue weighted by molar-refractivity contribution is 0.101. The maximum absolute atomic E-state index is 12.6. The lowest BCUT2D eigenvalue weighted by Crippen LogP contribution is -2.35. The molecular weight excluding hydrogens is 300 g/mol. The van der Waals surface area contributed by atoms with E-state index in [0.717, 1.165) is 18.4 Å². The van der Waals surface area contributed by atoms with Gasteiger partial charge < -0.3 is 10.2 Å². The van der Waals surface area contributed by atoms with Crippen LogP contribution in [-0.4, -0.2) is 23.3 Å². The van der Waals surface area contributed by atoms with E-state index < -0.39 is 0 Å². The van der Waals surface area contributed by atoms with E-state index in [0.29, 0.717) is 24.3 Å². The zero-order valence-electron chi connectivity index (χ0n) is 14.3. The van der Waals surface area contributed by atoms with E-state index in [1.807, 2.05) is 30.3 Å². The molecule has 0 spiro atoms. The molecule has 0 aromatic heterocycles. The molecule has 0 aliphatic carbocycles. The van der Waals surface area contributed by atoms with Crippen molar-refractivity contribution in [3.63, 3.8) is 0 Å². The monoisotopic (exact) mass is 324 g/mol. The summed E-state index contributed by atoms with van der Waals surface area (Å²) in [6.07, 6.45) is 1.98. The van der Waals surface area contributed by atoms with E-state index >= 15 is 0 Å². The molecule has 4 nitrogen and oxygen atoms in total. The smallest absolute Gasteiger partial charge is 0.320 e. The fraction of sp³-hybridized carbons (Fsp3) is 0.300. The van der Waals surface area contributed by atoms with Crippen LogP contribution in [0.4, 0.5) is 10.5 Å². The van der Waals surface area contributed by atoms with Crippen LogP contribution in [0.2, 0.25) is 0 Å². The summed E-state index contributed by atoms with van der Waals surface area (Å²) in [4.78, 5) is 25.9. The topological polar surface area (TPSA) is 49.4 Å². The largest absolute Gasteiger partial charge is 0.322 e. The number of rotatable bonds is 7. The predicted octanol–water partition coefficient (Wildman–Crippen LogP) is 4.72. The summed E-state index contributed by atoms with van der Waals surface area (Å²) in [6, 6.07) is 16.8.